The van der Waals surface area contributed by atoms with Crippen LogP contribution in [0.2, 0.25) is 10.0 Å². The Morgan fingerprint density at radius 2 is 1.58 bits per heavy atom. The molecule has 4 aromatic rings. The van der Waals surface area contributed by atoms with Gasteiger partial charge in [-0.2, -0.15) is 4.80 Å². The number of nitrogens with zero attached hydrogens (tertiary/aromatic N) is 3. The first-order valence-corrected chi connectivity index (χ1v) is 11.0. The smallest absolute Gasteiger partial charge is 0.228 e. The number of halogens is 2. The zero-order valence-electron chi connectivity index (χ0n) is 17.1. The summed E-state index contributed by atoms with van der Waals surface area (Å²) >= 11 is 12.3. The fourth-order valence-corrected chi connectivity index (χ4v) is 3.64. The Morgan fingerprint density at radius 1 is 0.935 bits per heavy atom. The van der Waals surface area contributed by atoms with Gasteiger partial charge in [0.1, 0.15) is 11.0 Å². The van der Waals surface area contributed by atoms with E-state index in [2.05, 4.69) is 34.6 Å². The number of aryl methyl sites for hydroxylation is 1. The molecule has 158 valence electrons. The van der Waals surface area contributed by atoms with Gasteiger partial charge in [-0.05, 0) is 60.4 Å². The van der Waals surface area contributed by atoms with Gasteiger partial charge in [0.25, 0.3) is 0 Å². The summed E-state index contributed by atoms with van der Waals surface area (Å²) in [4.78, 5) is 14.0. The van der Waals surface area contributed by atoms with Crippen LogP contribution in [0.25, 0.3) is 16.7 Å². The van der Waals surface area contributed by atoms with Crippen molar-refractivity contribution in [2.24, 2.45) is 0 Å². The fraction of sp³-hybridized carbons (Fsp3) is 0.208. The van der Waals surface area contributed by atoms with Gasteiger partial charge in [0.15, 0.2) is 0 Å². The second kappa shape index (κ2) is 9.50. The molecule has 0 atom stereocenters. The predicted octanol–water partition coefficient (Wildman–Crippen LogP) is 6.25. The van der Waals surface area contributed by atoms with Gasteiger partial charge in [-0.25, -0.2) is 0 Å². The number of carbonyl (C=O) groups excluding carboxylic acids is 1. The number of anilines is 1. The van der Waals surface area contributed by atoms with Crippen LogP contribution in [0.5, 0.6) is 0 Å². The summed E-state index contributed by atoms with van der Waals surface area (Å²) < 4.78 is 0. The molecule has 0 radical (unpaired) electrons. The highest BCUT2D eigenvalue weighted by atomic mass is 35.5. The second-order valence-electron chi connectivity index (χ2n) is 7.43. The highest BCUT2D eigenvalue weighted by molar-refractivity contribution is 6.34. The summed E-state index contributed by atoms with van der Waals surface area (Å²) in [7, 11) is 0. The first-order valence-electron chi connectivity index (χ1n) is 10.2. The van der Waals surface area contributed by atoms with Crippen molar-refractivity contribution in [3.05, 3.63) is 81.8 Å². The molecule has 1 N–H and O–H groups in total. The Balaban J connectivity index is 1.51. The summed E-state index contributed by atoms with van der Waals surface area (Å²) in [6.45, 7) is 2.19. The van der Waals surface area contributed by atoms with Crippen LogP contribution in [0.3, 0.4) is 0 Å². The number of nitrogens with one attached hydrogen (secondary N) is 1. The zero-order valence-corrected chi connectivity index (χ0v) is 18.6. The van der Waals surface area contributed by atoms with Crippen LogP contribution in [0.15, 0.2) is 60.7 Å². The molecule has 7 heteroatoms. The van der Waals surface area contributed by atoms with Crippen LogP contribution in [0.1, 0.15) is 30.9 Å². The second-order valence-corrected chi connectivity index (χ2v) is 8.28. The van der Waals surface area contributed by atoms with Crippen molar-refractivity contribution in [2.45, 2.75) is 32.6 Å². The van der Waals surface area contributed by atoms with E-state index in [9.17, 15) is 4.79 Å². The Labute approximate surface area is 191 Å². The van der Waals surface area contributed by atoms with Crippen molar-refractivity contribution < 1.29 is 4.79 Å². The van der Waals surface area contributed by atoms with Crippen LogP contribution in [-0.4, -0.2) is 20.9 Å². The van der Waals surface area contributed by atoms with Gasteiger partial charge in [-0.3, -0.25) is 4.79 Å². The van der Waals surface area contributed by atoms with E-state index in [-0.39, 0.29) is 12.3 Å². The molecule has 1 heterocycles. The van der Waals surface area contributed by atoms with Crippen LogP contribution >= 0.6 is 23.2 Å². The standard InChI is InChI=1S/C24H22Cl2N4O/c1-2-3-4-16-7-11-19(12-8-16)30-28-22-14-20(26)21(15-23(22)29-30)27-24(31)13-17-5-9-18(25)10-6-17/h5-12,14-15H,2-4,13H2,1H3,(H,27,31). The van der Waals surface area contributed by atoms with Crippen LogP contribution in [0.4, 0.5) is 5.69 Å². The zero-order chi connectivity index (χ0) is 21.8. The maximum absolute atomic E-state index is 12.4. The molecule has 0 saturated carbocycles. The third kappa shape index (κ3) is 5.24. The number of amides is 1. The number of fused-ring (bicyclic) bond motifs is 1. The first-order chi connectivity index (χ1) is 15.0. The number of carbonyl (C=O) groups is 1. The van der Waals surface area contributed by atoms with Gasteiger partial charge in [0, 0.05) is 5.02 Å². The van der Waals surface area contributed by atoms with E-state index < -0.39 is 0 Å². The van der Waals surface area contributed by atoms with E-state index in [0.29, 0.717) is 26.8 Å². The number of rotatable bonds is 7. The minimum absolute atomic E-state index is 0.168. The Morgan fingerprint density at radius 3 is 2.26 bits per heavy atom. The molecule has 31 heavy (non-hydrogen) atoms. The third-order valence-electron chi connectivity index (χ3n) is 5.01. The average molecular weight is 453 g/mol. The lowest BCUT2D eigenvalue weighted by atomic mass is 10.1. The predicted molar refractivity (Wildman–Crippen MR) is 126 cm³/mol. The Hall–Kier alpha value is -2.89. The molecule has 5 nitrogen and oxygen atoms in total. The number of hydrogen-bond acceptors (Lipinski definition) is 3. The molecule has 0 fully saturated rings. The number of aromatic nitrogens is 3. The van der Waals surface area contributed by atoms with E-state index in [1.54, 1.807) is 29.1 Å². The molecule has 0 aliphatic heterocycles. The maximum Gasteiger partial charge on any atom is 0.228 e. The maximum atomic E-state index is 12.4. The number of benzene rings is 3. The van der Waals surface area contributed by atoms with E-state index in [4.69, 9.17) is 23.2 Å². The summed E-state index contributed by atoms with van der Waals surface area (Å²) in [5.74, 6) is -0.168. The SMILES string of the molecule is CCCCc1ccc(-n2nc3cc(Cl)c(NC(=O)Cc4ccc(Cl)cc4)cc3n2)cc1. The fourth-order valence-electron chi connectivity index (χ4n) is 3.31. The quantitative estimate of drug-likeness (QED) is 0.360. The van der Waals surface area contributed by atoms with Crippen molar-refractivity contribution in [2.75, 3.05) is 5.32 Å². The molecular weight excluding hydrogens is 431 g/mol. The normalized spacial score (nSPS) is 11.1. The van der Waals surface area contributed by atoms with Gasteiger partial charge in [0.2, 0.25) is 5.91 Å². The molecule has 0 unspecified atom stereocenters. The van der Waals surface area contributed by atoms with Gasteiger partial charge in [-0.15, -0.1) is 10.2 Å². The molecule has 0 bridgehead atoms. The van der Waals surface area contributed by atoms with Crippen molar-refractivity contribution in [3.63, 3.8) is 0 Å². The van der Waals surface area contributed by atoms with Crippen LogP contribution in [-0.2, 0) is 17.6 Å². The molecule has 0 spiro atoms. The van der Waals surface area contributed by atoms with Crippen molar-refractivity contribution in [1.29, 1.82) is 0 Å². The number of unbranched alkanes of at least 4 members (excludes halogenated alkanes) is 1. The molecule has 1 amide bonds. The van der Waals surface area contributed by atoms with E-state index in [1.165, 1.54) is 18.4 Å². The van der Waals surface area contributed by atoms with E-state index in [0.717, 1.165) is 17.7 Å². The van der Waals surface area contributed by atoms with Gasteiger partial charge in [0.05, 0.1) is 22.8 Å². The summed E-state index contributed by atoms with van der Waals surface area (Å²) in [5, 5.41) is 13.0. The molecule has 0 aliphatic rings. The van der Waals surface area contributed by atoms with Gasteiger partial charge >= 0.3 is 0 Å². The lowest BCUT2D eigenvalue weighted by molar-refractivity contribution is -0.115. The minimum Gasteiger partial charge on any atom is -0.324 e. The minimum atomic E-state index is -0.168. The van der Waals surface area contributed by atoms with E-state index >= 15 is 0 Å². The van der Waals surface area contributed by atoms with Crippen LogP contribution < -0.4 is 5.32 Å². The van der Waals surface area contributed by atoms with Gasteiger partial charge in [-0.1, -0.05) is 60.8 Å². The molecule has 0 aliphatic carbocycles. The largest absolute Gasteiger partial charge is 0.324 e. The highest BCUT2D eigenvalue weighted by Gasteiger charge is 2.12. The lowest BCUT2D eigenvalue weighted by Gasteiger charge is -2.07. The van der Waals surface area contributed by atoms with Crippen LogP contribution in [0, 0.1) is 0 Å². The molecule has 0 saturated heterocycles. The first kappa shape index (κ1) is 21.3. The third-order valence-corrected chi connectivity index (χ3v) is 5.57. The molecule has 1 aromatic heterocycles. The summed E-state index contributed by atoms with van der Waals surface area (Å²) in [6.07, 6.45) is 3.64. The molecular formula is C24H22Cl2N4O. The molecule has 4 rings (SSSR count). The number of hydrogen-bond donors (Lipinski definition) is 1. The topological polar surface area (TPSA) is 59.8 Å². The van der Waals surface area contributed by atoms with Gasteiger partial charge < -0.3 is 5.32 Å². The van der Waals surface area contributed by atoms with E-state index in [1.807, 2.05) is 24.3 Å². The highest BCUT2D eigenvalue weighted by Crippen LogP contribution is 2.27. The Kier molecular flexibility index (Phi) is 6.54. The Bertz CT molecular complexity index is 1200. The average Bonchev–Trinajstić information content (AvgIpc) is 3.17. The summed E-state index contributed by atoms with van der Waals surface area (Å²) in [5.41, 5.74) is 4.87. The summed E-state index contributed by atoms with van der Waals surface area (Å²) in [6, 6.07) is 18.9. The molecule has 3 aromatic carbocycles. The van der Waals surface area contributed by atoms with Crippen molar-refractivity contribution in [1.82, 2.24) is 15.0 Å². The lowest BCUT2D eigenvalue weighted by Crippen LogP contribution is -2.14. The van der Waals surface area contributed by atoms with Crippen molar-refractivity contribution >= 4 is 45.8 Å². The monoisotopic (exact) mass is 452 g/mol. The van der Waals surface area contributed by atoms with Crippen molar-refractivity contribution in [3.8, 4) is 5.69 Å².